The first kappa shape index (κ1) is 16.7. The number of hydrogen-bond donors (Lipinski definition) is 1. The van der Waals surface area contributed by atoms with Crippen LogP contribution in [-0.2, 0) is 17.4 Å². The molecule has 1 N–H and O–H groups in total. The minimum atomic E-state index is -2.70. The second kappa shape index (κ2) is 8.12. The number of aryl methyl sites for hydroxylation is 2. The normalized spacial score (nSPS) is 12.8. The maximum atomic E-state index is 13.2. The van der Waals surface area contributed by atoms with E-state index in [0.717, 1.165) is 24.0 Å². The molecular formula is C19H23O2P. The Morgan fingerprint density at radius 1 is 0.909 bits per heavy atom. The molecule has 2 nitrogen and oxygen atoms in total. The summed E-state index contributed by atoms with van der Waals surface area (Å²) in [5.74, 6) is -0.917. The highest BCUT2D eigenvalue weighted by Crippen LogP contribution is 2.50. The first-order valence-electron chi connectivity index (χ1n) is 7.60. The zero-order valence-corrected chi connectivity index (χ0v) is 13.7. The third kappa shape index (κ3) is 4.69. The Balaban J connectivity index is 2.03. The van der Waals surface area contributed by atoms with Crippen molar-refractivity contribution < 1.29 is 9.67 Å². The topological polar surface area (TPSA) is 37.3 Å². The van der Waals surface area contributed by atoms with Crippen LogP contribution in [-0.4, -0.2) is 23.3 Å². The molecule has 0 aromatic heterocycles. The van der Waals surface area contributed by atoms with Crippen molar-refractivity contribution in [1.29, 1.82) is 0 Å². The molecule has 0 bridgehead atoms. The SMILES string of the molecule is C=CC(O)P(=O)(CCc1ccccc1)CCc1ccccc1. The largest absolute Gasteiger partial charge is 0.381 e. The van der Waals surface area contributed by atoms with Gasteiger partial charge in [0.15, 0.2) is 0 Å². The highest BCUT2D eigenvalue weighted by Gasteiger charge is 2.28. The predicted molar refractivity (Wildman–Crippen MR) is 93.8 cm³/mol. The number of rotatable bonds is 8. The van der Waals surface area contributed by atoms with Crippen LogP contribution in [0, 0.1) is 0 Å². The zero-order chi connectivity index (χ0) is 15.8. The van der Waals surface area contributed by atoms with Crippen LogP contribution in [0.2, 0.25) is 0 Å². The molecule has 0 spiro atoms. The third-order valence-electron chi connectivity index (χ3n) is 3.94. The number of hydrogen-bond acceptors (Lipinski definition) is 2. The summed E-state index contributed by atoms with van der Waals surface area (Å²) in [6.45, 7) is 3.61. The smallest absolute Gasteiger partial charge is 0.125 e. The van der Waals surface area contributed by atoms with Crippen molar-refractivity contribution >= 4 is 7.14 Å². The van der Waals surface area contributed by atoms with Crippen LogP contribution in [0.5, 0.6) is 0 Å². The minimum Gasteiger partial charge on any atom is -0.381 e. The fraction of sp³-hybridized carbons (Fsp3) is 0.263. The first-order chi connectivity index (χ1) is 10.6. The monoisotopic (exact) mass is 314 g/mol. The summed E-state index contributed by atoms with van der Waals surface area (Å²) < 4.78 is 13.2. The molecule has 116 valence electrons. The van der Waals surface area contributed by atoms with E-state index in [-0.39, 0.29) is 0 Å². The molecule has 0 saturated carbocycles. The average molecular weight is 314 g/mol. The van der Waals surface area contributed by atoms with Crippen molar-refractivity contribution in [2.75, 3.05) is 12.3 Å². The van der Waals surface area contributed by atoms with Crippen molar-refractivity contribution in [1.82, 2.24) is 0 Å². The van der Waals surface area contributed by atoms with Gasteiger partial charge in [-0.3, -0.25) is 0 Å². The lowest BCUT2D eigenvalue weighted by Gasteiger charge is -2.22. The van der Waals surface area contributed by atoms with Crippen molar-refractivity contribution in [3.63, 3.8) is 0 Å². The molecule has 3 heteroatoms. The first-order valence-corrected chi connectivity index (χ1v) is 9.75. The molecule has 2 aromatic rings. The standard InChI is InChI=1S/C19H23O2P/c1-2-19(20)22(21,15-13-17-9-5-3-6-10-17)16-14-18-11-7-4-8-12-18/h2-12,19-20H,1,13-16H2. The molecule has 1 atom stereocenters. The number of aliphatic hydroxyl groups excluding tert-OH is 1. The van der Waals surface area contributed by atoms with Crippen molar-refractivity contribution in [3.8, 4) is 0 Å². The summed E-state index contributed by atoms with van der Waals surface area (Å²) in [5, 5.41) is 10.2. The lowest BCUT2D eigenvalue weighted by atomic mass is 10.2. The van der Waals surface area contributed by atoms with Gasteiger partial charge < -0.3 is 9.67 Å². The van der Waals surface area contributed by atoms with E-state index >= 15 is 0 Å². The Morgan fingerprint density at radius 3 is 1.68 bits per heavy atom. The predicted octanol–water partition coefficient (Wildman–Crippen LogP) is 4.34. The molecule has 0 aliphatic rings. The molecule has 2 rings (SSSR count). The van der Waals surface area contributed by atoms with Gasteiger partial charge in [0.2, 0.25) is 0 Å². The van der Waals surface area contributed by atoms with Crippen LogP contribution >= 0.6 is 7.14 Å². The lowest BCUT2D eigenvalue weighted by Crippen LogP contribution is -2.13. The fourth-order valence-corrected chi connectivity index (χ4v) is 4.90. The fourth-order valence-electron chi connectivity index (χ4n) is 2.49. The van der Waals surface area contributed by atoms with Gasteiger partial charge in [-0.05, 0) is 24.0 Å². The van der Waals surface area contributed by atoms with Crippen LogP contribution in [0.3, 0.4) is 0 Å². The molecular weight excluding hydrogens is 291 g/mol. The van der Waals surface area contributed by atoms with Crippen molar-refractivity contribution in [2.24, 2.45) is 0 Å². The van der Waals surface area contributed by atoms with Gasteiger partial charge in [0.25, 0.3) is 0 Å². The van der Waals surface area contributed by atoms with Crippen LogP contribution < -0.4 is 0 Å². The number of aliphatic hydroxyl groups is 1. The summed E-state index contributed by atoms with van der Waals surface area (Å²) in [5.41, 5.74) is 2.30. The number of benzene rings is 2. The zero-order valence-electron chi connectivity index (χ0n) is 12.8. The van der Waals surface area contributed by atoms with Crippen molar-refractivity contribution in [3.05, 3.63) is 84.4 Å². The summed E-state index contributed by atoms with van der Waals surface area (Å²) in [6.07, 6.45) is 3.88. The Kier molecular flexibility index (Phi) is 6.18. The van der Waals surface area contributed by atoms with Gasteiger partial charge >= 0.3 is 0 Å². The van der Waals surface area contributed by atoms with Crippen LogP contribution in [0.1, 0.15) is 11.1 Å². The molecule has 0 aliphatic heterocycles. The van der Waals surface area contributed by atoms with E-state index in [2.05, 4.69) is 6.58 Å². The summed E-state index contributed by atoms with van der Waals surface area (Å²) >= 11 is 0. The Hall–Kier alpha value is -1.63. The Bertz CT molecular complexity index is 575. The van der Waals surface area contributed by atoms with Crippen LogP contribution in [0.15, 0.2) is 73.3 Å². The molecule has 0 heterocycles. The van der Waals surface area contributed by atoms with E-state index in [0.29, 0.717) is 12.3 Å². The van der Waals surface area contributed by atoms with E-state index < -0.39 is 13.0 Å². The van der Waals surface area contributed by atoms with E-state index in [1.54, 1.807) is 0 Å². The van der Waals surface area contributed by atoms with Gasteiger partial charge in [0, 0.05) is 12.3 Å². The summed E-state index contributed by atoms with van der Waals surface area (Å²) in [7, 11) is -2.70. The molecule has 0 radical (unpaired) electrons. The van der Waals surface area contributed by atoms with E-state index in [1.165, 1.54) is 6.08 Å². The molecule has 22 heavy (non-hydrogen) atoms. The molecule has 1 unspecified atom stereocenters. The second-order valence-electron chi connectivity index (χ2n) is 5.52. The Labute approximate surface area is 132 Å². The highest BCUT2D eigenvalue weighted by atomic mass is 31.2. The maximum Gasteiger partial charge on any atom is 0.125 e. The molecule has 2 aromatic carbocycles. The quantitative estimate of drug-likeness (QED) is 0.581. The molecule has 0 amide bonds. The molecule has 0 saturated heterocycles. The van der Waals surface area contributed by atoms with Gasteiger partial charge in [0.05, 0.1) is 0 Å². The van der Waals surface area contributed by atoms with Gasteiger partial charge in [-0.1, -0.05) is 66.7 Å². The Morgan fingerprint density at radius 2 is 1.32 bits per heavy atom. The molecule has 0 aliphatic carbocycles. The van der Waals surface area contributed by atoms with E-state index in [1.807, 2.05) is 60.7 Å². The van der Waals surface area contributed by atoms with Crippen LogP contribution in [0.25, 0.3) is 0 Å². The van der Waals surface area contributed by atoms with Gasteiger partial charge in [-0.2, -0.15) is 0 Å². The molecule has 0 fully saturated rings. The van der Waals surface area contributed by atoms with Gasteiger partial charge in [-0.25, -0.2) is 0 Å². The van der Waals surface area contributed by atoms with Gasteiger partial charge in [-0.15, -0.1) is 6.58 Å². The summed E-state index contributed by atoms with van der Waals surface area (Å²) in [6, 6.07) is 20.0. The van der Waals surface area contributed by atoms with Gasteiger partial charge in [0.1, 0.15) is 13.0 Å². The van der Waals surface area contributed by atoms with Crippen molar-refractivity contribution in [2.45, 2.75) is 18.7 Å². The minimum absolute atomic E-state index is 0.511. The van der Waals surface area contributed by atoms with E-state index in [9.17, 15) is 9.67 Å². The third-order valence-corrected chi connectivity index (χ3v) is 7.07. The average Bonchev–Trinajstić information content (AvgIpc) is 2.59. The highest BCUT2D eigenvalue weighted by molar-refractivity contribution is 7.64. The maximum absolute atomic E-state index is 13.2. The van der Waals surface area contributed by atoms with Crippen LogP contribution in [0.4, 0.5) is 0 Å². The second-order valence-corrected chi connectivity index (χ2v) is 8.85. The lowest BCUT2D eigenvalue weighted by molar-refractivity contribution is 0.292. The summed E-state index contributed by atoms with van der Waals surface area (Å²) in [4.78, 5) is 0. The van der Waals surface area contributed by atoms with E-state index in [4.69, 9.17) is 0 Å².